The summed E-state index contributed by atoms with van der Waals surface area (Å²) in [6.45, 7) is 2.24. The third-order valence-electron chi connectivity index (χ3n) is 3.80. The molecule has 22 heavy (non-hydrogen) atoms. The Balaban J connectivity index is 2.21. The van der Waals surface area contributed by atoms with Gasteiger partial charge in [-0.2, -0.15) is 11.8 Å². The van der Waals surface area contributed by atoms with E-state index in [1.807, 2.05) is 6.26 Å². The first-order valence-corrected chi connectivity index (χ1v) is 9.29. The van der Waals surface area contributed by atoms with Crippen LogP contribution in [0.1, 0.15) is 45.4 Å². The van der Waals surface area contributed by atoms with Crippen LogP contribution in [-0.4, -0.2) is 47.6 Å². The lowest BCUT2D eigenvalue weighted by molar-refractivity contribution is -0.139. The van der Waals surface area contributed by atoms with Gasteiger partial charge in [-0.3, -0.25) is 9.59 Å². The molecular formula is C16H28N2O3S. The lowest BCUT2D eigenvalue weighted by Crippen LogP contribution is -2.46. The Morgan fingerprint density at radius 1 is 1.32 bits per heavy atom. The molecule has 0 aliphatic heterocycles. The molecule has 0 heterocycles. The summed E-state index contributed by atoms with van der Waals surface area (Å²) in [6.07, 6.45) is 10.3. The summed E-state index contributed by atoms with van der Waals surface area (Å²) in [5, 5.41) is 15.2. The van der Waals surface area contributed by atoms with Gasteiger partial charge < -0.3 is 15.7 Å². The van der Waals surface area contributed by atoms with Gasteiger partial charge in [-0.05, 0) is 57.5 Å². The molecule has 0 aromatic heterocycles. The second kappa shape index (κ2) is 9.90. The number of amides is 2. The fraction of sp³-hybridized carbons (Fsp3) is 0.750. The molecular weight excluding hydrogens is 300 g/mol. The molecule has 5 nitrogen and oxygen atoms in total. The van der Waals surface area contributed by atoms with Gasteiger partial charge in [0.2, 0.25) is 0 Å². The molecule has 0 radical (unpaired) electrons. The summed E-state index contributed by atoms with van der Waals surface area (Å²) in [7, 11) is 0. The number of carbonyl (C=O) groups excluding carboxylic acids is 2. The minimum atomic E-state index is -0.980. The van der Waals surface area contributed by atoms with Crippen molar-refractivity contribution in [2.75, 3.05) is 25.1 Å². The van der Waals surface area contributed by atoms with Gasteiger partial charge in [0.25, 0.3) is 0 Å². The standard InChI is InChI=1S/C16H28N2O3S/c1-16(21,9-11-22-2)12-18-15(20)14(19)17-10-8-13-6-4-3-5-7-13/h6,21H,3-5,7-12H2,1-2H3,(H,17,19)(H,18,20)/t16-/m0/s1. The highest BCUT2D eigenvalue weighted by molar-refractivity contribution is 7.98. The highest BCUT2D eigenvalue weighted by Gasteiger charge is 2.22. The van der Waals surface area contributed by atoms with Crippen molar-refractivity contribution in [2.24, 2.45) is 0 Å². The first-order chi connectivity index (χ1) is 10.4. The molecule has 2 amide bonds. The molecule has 1 aliphatic rings. The SMILES string of the molecule is CSCC[C@](C)(O)CNC(=O)C(=O)NCCC1=CCCCC1. The topological polar surface area (TPSA) is 78.4 Å². The van der Waals surface area contributed by atoms with E-state index in [0.29, 0.717) is 13.0 Å². The van der Waals surface area contributed by atoms with E-state index >= 15 is 0 Å². The van der Waals surface area contributed by atoms with Crippen LogP contribution in [0.5, 0.6) is 0 Å². The predicted molar refractivity (Wildman–Crippen MR) is 90.8 cm³/mol. The van der Waals surface area contributed by atoms with E-state index in [9.17, 15) is 14.7 Å². The predicted octanol–water partition coefficient (Wildman–Crippen LogP) is 1.61. The van der Waals surface area contributed by atoms with Crippen LogP contribution in [-0.2, 0) is 9.59 Å². The summed E-state index contributed by atoms with van der Waals surface area (Å²) >= 11 is 1.64. The minimum Gasteiger partial charge on any atom is -0.388 e. The summed E-state index contributed by atoms with van der Waals surface area (Å²) in [5.41, 5.74) is 0.387. The van der Waals surface area contributed by atoms with E-state index in [1.165, 1.54) is 18.4 Å². The van der Waals surface area contributed by atoms with Crippen molar-refractivity contribution in [3.05, 3.63) is 11.6 Å². The number of allylic oxidation sites excluding steroid dienone is 1. The third-order valence-corrected chi connectivity index (χ3v) is 4.41. The van der Waals surface area contributed by atoms with Crippen LogP contribution in [0.15, 0.2) is 11.6 Å². The zero-order chi connectivity index (χ0) is 16.4. The number of thioether (sulfide) groups is 1. The monoisotopic (exact) mass is 328 g/mol. The number of carbonyl (C=O) groups is 2. The van der Waals surface area contributed by atoms with Crippen molar-refractivity contribution in [1.82, 2.24) is 10.6 Å². The number of hydrogen-bond donors (Lipinski definition) is 3. The molecule has 1 atom stereocenters. The molecule has 0 unspecified atom stereocenters. The Labute approximate surface area is 137 Å². The van der Waals surface area contributed by atoms with E-state index in [1.54, 1.807) is 18.7 Å². The number of rotatable bonds is 8. The third kappa shape index (κ3) is 7.84. The van der Waals surface area contributed by atoms with Crippen LogP contribution in [0, 0.1) is 0 Å². The molecule has 0 aromatic carbocycles. The molecule has 0 aromatic rings. The molecule has 0 fully saturated rings. The van der Waals surface area contributed by atoms with Gasteiger partial charge in [0, 0.05) is 13.1 Å². The molecule has 0 saturated carbocycles. The lowest BCUT2D eigenvalue weighted by atomic mass is 9.97. The molecule has 1 rings (SSSR count). The fourth-order valence-corrected chi connectivity index (χ4v) is 2.95. The maximum Gasteiger partial charge on any atom is 0.309 e. The largest absolute Gasteiger partial charge is 0.388 e. The number of nitrogens with one attached hydrogen (secondary N) is 2. The van der Waals surface area contributed by atoms with Crippen LogP contribution >= 0.6 is 11.8 Å². The van der Waals surface area contributed by atoms with E-state index in [-0.39, 0.29) is 6.54 Å². The van der Waals surface area contributed by atoms with Crippen molar-refractivity contribution < 1.29 is 14.7 Å². The Kier molecular flexibility index (Phi) is 8.56. The second-order valence-electron chi connectivity index (χ2n) is 6.04. The van der Waals surface area contributed by atoms with Gasteiger partial charge >= 0.3 is 11.8 Å². The highest BCUT2D eigenvalue weighted by Crippen LogP contribution is 2.19. The van der Waals surface area contributed by atoms with Crippen LogP contribution in [0.25, 0.3) is 0 Å². The Bertz CT molecular complexity index is 408. The van der Waals surface area contributed by atoms with Crippen LogP contribution in [0.3, 0.4) is 0 Å². The summed E-state index contributed by atoms with van der Waals surface area (Å²) in [6, 6.07) is 0. The van der Waals surface area contributed by atoms with Gasteiger partial charge in [0.05, 0.1) is 5.60 Å². The highest BCUT2D eigenvalue weighted by atomic mass is 32.2. The van der Waals surface area contributed by atoms with Gasteiger partial charge in [-0.15, -0.1) is 0 Å². The average Bonchev–Trinajstić information content (AvgIpc) is 2.51. The van der Waals surface area contributed by atoms with E-state index in [2.05, 4.69) is 16.7 Å². The molecule has 126 valence electrons. The van der Waals surface area contributed by atoms with Crippen LogP contribution in [0.4, 0.5) is 0 Å². The summed E-state index contributed by atoms with van der Waals surface area (Å²) in [5.74, 6) is -0.497. The molecule has 0 spiro atoms. The average molecular weight is 328 g/mol. The Morgan fingerprint density at radius 3 is 2.68 bits per heavy atom. The number of hydrogen-bond acceptors (Lipinski definition) is 4. The summed E-state index contributed by atoms with van der Waals surface area (Å²) in [4.78, 5) is 23.4. The smallest absolute Gasteiger partial charge is 0.309 e. The fourth-order valence-electron chi connectivity index (χ4n) is 2.31. The van der Waals surface area contributed by atoms with Crippen molar-refractivity contribution >= 4 is 23.6 Å². The zero-order valence-corrected chi connectivity index (χ0v) is 14.4. The zero-order valence-electron chi connectivity index (χ0n) is 13.6. The van der Waals surface area contributed by atoms with Gasteiger partial charge in [0.15, 0.2) is 0 Å². The molecule has 0 bridgehead atoms. The van der Waals surface area contributed by atoms with E-state index in [0.717, 1.165) is 25.0 Å². The first kappa shape index (κ1) is 19.0. The van der Waals surface area contributed by atoms with Crippen LogP contribution < -0.4 is 10.6 Å². The maximum atomic E-state index is 11.7. The molecule has 3 N–H and O–H groups in total. The van der Waals surface area contributed by atoms with Crippen molar-refractivity contribution in [1.29, 1.82) is 0 Å². The van der Waals surface area contributed by atoms with Gasteiger partial charge in [-0.1, -0.05) is 11.6 Å². The molecule has 6 heteroatoms. The lowest BCUT2D eigenvalue weighted by Gasteiger charge is -2.23. The van der Waals surface area contributed by atoms with Crippen molar-refractivity contribution in [3.63, 3.8) is 0 Å². The summed E-state index contributed by atoms with van der Waals surface area (Å²) < 4.78 is 0. The van der Waals surface area contributed by atoms with E-state index < -0.39 is 17.4 Å². The van der Waals surface area contributed by atoms with Crippen LogP contribution in [0.2, 0.25) is 0 Å². The molecule has 0 saturated heterocycles. The molecule has 1 aliphatic carbocycles. The second-order valence-corrected chi connectivity index (χ2v) is 7.02. The Hall–Kier alpha value is -1.01. The maximum absolute atomic E-state index is 11.7. The van der Waals surface area contributed by atoms with Gasteiger partial charge in [-0.25, -0.2) is 0 Å². The number of aliphatic hydroxyl groups is 1. The normalized spacial score (nSPS) is 17.3. The minimum absolute atomic E-state index is 0.0883. The van der Waals surface area contributed by atoms with E-state index in [4.69, 9.17) is 0 Å². The quantitative estimate of drug-likeness (QED) is 0.467. The van der Waals surface area contributed by atoms with Crippen molar-refractivity contribution in [3.8, 4) is 0 Å². The van der Waals surface area contributed by atoms with Crippen molar-refractivity contribution in [2.45, 2.75) is 51.0 Å². The van der Waals surface area contributed by atoms with Gasteiger partial charge in [0.1, 0.15) is 0 Å². The Morgan fingerprint density at radius 2 is 2.05 bits per heavy atom. The first-order valence-electron chi connectivity index (χ1n) is 7.90.